The summed E-state index contributed by atoms with van der Waals surface area (Å²) in [5.74, 6) is 0. The van der Waals surface area contributed by atoms with Crippen molar-refractivity contribution in [3.63, 3.8) is 0 Å². The van der Waals surface area contributed by atoms with Crippen LogP contribution in [-0.4, -0.2) is 24.7 Å². The molecule has 0 aliphatic carbocycles. The van der Waals surface area contributed by atoms with Crippen LogP contribution < -0.4 is 15.5 Å². The summed E-state index contributed by atoms with van der Waals surface area (Å²) in [6, 6.07) is 8.57. The van der Waals surface area contributed by atoms with Crippen LogP contribution in [0.1, 0.15) is 32.6 Å². The van der Waals surface area contributed by atoms with Gasteiger partial charge < -0.3 is 15.5 Å². The van der Waals surface area contributed by atoms with E-state index in [1.807, 2.05) is 6.92 Å². The molecule has 2 N–H and O–H groups in total. The predicted octanol–water partition coefficient (Wildman–Crippen LogP) is 3.37. The summed E-state index contributed by atoms with van der Waals surface area (Å²) >= 11 is 5.18. The van der Waals surface area contributed by atoms with Gasteiger partial charge in [0, 0.05) is 31.0 Å². The number of benzene rings is 1. The molecule has 0 atom stereocenters. The number of nitrogens with zero attached hydrogens (tertiary/aromatic N) is 1. The van der Waals surface area contributed by atoms with Crippen LogP contribution in [0.2, 0.25) is 0 Å². The van der Waals surface area contributed by atoms with Crippen LogP contribution in [0.4, 0.5) is 11.4 Å². The molecule has 0 bridgehead atoms. The number of hydrogen-bond acceptors (Lipinski definition) is 2. The van der Waals surface area contributed by atoms with Crippen molar-refractivity contribution in [3.05, 3.63) is 24.3 Å². The van der Waals surface area contributed by atoms with Crippen molar-refractivity contribution in [3.8, 4) is 0 Å². The van der Waals surface area contributed by atoms with Crippen LogP contribution in [0.3, 0.4) is 0 Å². The van der Waals surface area contributed by atoms with Gasteiger partial charge in [0.2, 0.25) is 0 Å². The van der Waals surface area contributed by atoms with Gasteiger partial charge in [-0.05, 0) is 56.2 Å². The smallest absolute Gasteiger partial charge is 0.170 e. The molecule has 1 heterocycles. The maximum atomic E-state index is 5.18. The molecule has 0 amide bonds. The Labute approximate surface area is 121 Å². The number of nitrogens with one attached hydrogen (secondary N) is 2. The van der Waals surface area contributed by atoms with E-state index < -0.39 is 0 Å². The number of rotatable bonds is 3. The molecule has 1 aliphatic heterocycles. The lowest BCUT2D eigenvalue weighted by Crippen LogP contribution is -2.28. The molecular weight excluding hydrogens is 254 g/mol. The van der Waals surface area contributed by atoms with Gasteiger partial charge in [0.1, 0.15) is 0 Å². The van der Waals surface area contributed by atoms with E-state index >= 15 is 0 Å². The van der Waals surface area contributed by atoms with E-state index in [1.165, 1.54) is 44.5 Å². The lowest BCUT2D eigenvalue weighted by atomic mass is 10.2. The molecule has 0 spiro atoms. The summed E-state index contributed by atoms with van der Waals surface area (Å²) in [5, 5.41) is 6.96. The SMILES string of the molecule is CCNC(=S)Nc1ccc(N2CCCCCC2)cc1. The topological polar surface area (TPSA) is 27.3 Å². The van der Waals surface area contributed by atoms with Crippen LogP contribution >= 0.6 is 12.2 Å². The second kappa shape index (κ2) is 7.34. The molecule has 1 aromatic carbocycles. The lowest BCUT2D eigenvalue weighted by molar-refractivity contribution is 0.726. The summed E-state index contributed by atoms with van der Waals surface area (Å²) in [6.45, 7) is 5.25. The molecule has 2 rings (SSSR count). The van der Waals surface area contributed by atoms with Crippen molar-refractivity contribution in [1.82, 2.24) is 5.32 Å². The number of hydrogen-bond donors (Lipinski definition) is 2. The largest absolute Gasteiger partial charge is 0.372 e. The third-order valence-electron chi connectivity index (χ3n) is 3.43. The maximum absolute atomic E-state index is 5.18. The average Bonchev–Trinajstić information content (AvgIpc) is 2.69. The van der Waals surface area contributed by atoms with Gasteiger partial charge in [-0.25, -0.2) is 0 Å². The molecule has 1 aliphatic rings. The first kappa shape index (κ1) is 14.1. The highest BCUT2D eigenvalue weighted by molar-refractivity contribution is 7.80. The Morgan fingerprint density at radius 3 is 2.32 bits per heavy atom. The summed E-state index contributed by atoms with van der Waals surface area (Å²) in [7, 11) is 0. The number of anilines is 2. The summed E-state index contributed by atoms with van der Waals surface area (Å²) in [6.07, 6.45) is 5.36. The van der Waals surface area contributed by atoms with Crippen molar-refractivity contribution in [2.75, 3.05) is 29.9 Å². The quantitative estimate of drug-likeness (QED) is 0.828. The first-order chi connectivity index (χ1) is 9.29. The second-order valence-corrected chi connectivity index (χ2v) is 5.34. The Kier molecular flexibility index (Phi) is 5.45. The molecule has 0 aromatic heterocycles. The zero-order valence-corrected chi connectivity index (χ0v) is 12.4. The third kappa shape index (κ3) is 4.39. The van der Waals surface area contributed by atoms with Gasteiger partial charge in [-0.2, -0.15) is 0 Å². The first-order valence-corrected chi connectivity index (χ1v) is 7.60. The molecule has 19 heavy (non-hydrogen) atoms. The molecule has 1 fully saturated rings. The minimum absolute atomic E-state index is 0.685. The lowest BCUT2D eigenvalue weighted by Gasteiger charge is -2.23. The zero-order valence-electron chi connectivity index (χ0n) is 11.6. The molecule has 0 unspecified atom stereocenters. The van der Waals surface area contributed by atoms with E-state index in [4.69, 9.17) is 12.2 Å². The Hall–Kier alpha value is -1.29. The predicted molar refractivity (Wildman–Crippen MR) is 87.0 cm³/mol. The Bertz CT molecular complexity index is 394. The molecule has 0 saturated carbocycles. The van der Waals surface area contributed by atoms with E-state index in [1.54, 1.807) is 0 Å². The van der Waals surface area contributed by atoms with Crippen LogP contribution in [-0.2, 0) is 0 Å². The summed E-state index contributed by atoms with van der Waals surface area (Å²) < 4.78 is 0. The van der Waals surface area contributed by atoms with Gasteiger partial charge in [-0.15, -0.1) is 0 Å². The Morgan fingerprint density at radius 2 is 1.74 bits per heavy atom. The first-order valence-electron chi connectivity index (χ1n) is 7.19. The van der Waals surface area contributed by atoms with Gasteiger partial charge in [0.25, 0.3) is 0 Å². The molecule has 3 nitrogen and oxygen atoms in total. The van der Waals surface area contributed by atoms with Crippen LogP contribution in [0.25, 0.3) is 0 Å². The standard InChI is InChI=1S/C15H23N3S/c1-2-16-15(19)17-13-7-9-14(10-8-13)18-11-5-3-4-6-12-18/h7-10H,2-6,11-12H2,1H3,(H2,16,17,19). The fourth-order valence-electron chi connectivity index (χ4n) is 2.42. The third-order valence-corrected chi connectivity index (χ3v) is 3.68. The fraction of sp³-hybridized carbons (Fsp3) is 0.533. The monoisotopic (exact) mass is 277 g/mol. The fourth-order valence-corrected chi connectivity index (χ4v) is 2.68. The Balaban J connectivity index is 1.95. The van der Waals surface area contributed by atoms with Crippen molar-refractivity contribution < 1.29 is 0 Å². The highest BCUT2D eigenvalue weighted by atomic mass is 32.1. The average molecular weight is 277 g/mol. The van der Waals surface area contributed by atoms with Crippen molar-refractivity contribution >= 4 is 28.7 Å². The second-order valence-electron chi connectivity index (χ2n) is 4.93. The van der Waals surface area contributed by atoms with E-state index in [9.17, 15) is 0 Å². The molecular formula is C15H23N3S. The van der Waals surface area contributed by atoms with E-state index in [0.29, 0.717) is 5.11 Å². The minimum Gasteiger partial charge on any atom is -0.372 e. The van der Waals surface area contributed by atoms with Crippen molar-refractivity contribution in [2.24, 2.45) is 0 Å². The van der Waals surface area contributed by atoms with Crippen molar-refractivity contribution in [2.45, 2.75) is 32.6 Å². The van der Waals surface area contributed by atoms with Crippen molar-refractivity contribution in [1.29, 1.82) is 0 Å². The van der Waals surface area contributed by atoms with Crippen LogP contribution in [0, 0.1) is 0 Å². The molecule has 104 valence electrons. The zero-order chi connectivity index (χ0) is 13.5. The summed E-state index contributed by atoms with van der Waals surface area (Å²) in [4.78, 5) is 2.49. The van der Waals surface area contributed by atoms with E-state index in [-0.39, 0.29) is 0 Å². The normalized spacial score (nSPS) is 15.7. The molecule has 1 aromatic rings. The van der Waals surface area contributed by atoms with Gasteiger partial charge in [0.05, 0.1) is 0 Å². The minimum atomic E-state index is 0.685. The van der Waals surface area contributed by atoms with E-state index in [0.717, 1.165) is 12.2 Å². The number of thiocarbonyl (C=S) groups is 1. The van der Waals surface area contributed by atoms with Crippen LogP contribution in [0.5, 0.6) is 0 Å². The summed E-state index contributed by atoms with van der Waals surface area (Å²) in [5.41, 5.74) is 2.37. The maximum Gasteiger partial charge on any atom is 0.170 e. The molecule has 0 radical (unpaired) electrons. The van der Waals surface area contributed by atoms with Gasteiger partial charge in [0.15, 0.2) is 5.11 Å². The van der Waals surface area contributed by atoms with Gasteiger partial charge >= 0.3 is 0 Å². The van der Waals surface area contributed by atoms with Gasteiger partial charge in [-0.1, -0.05) is 12.8 Å². The van der Waals surface area contributed by atoms with Gasteiger partial charge in [-0.3, -0.25) is 0 Å². The molecule has 1 saturated heterocycles. The Morgan fingerprint density at radius 1 is 1.11 bits per heavy atom. The highest BCUT2D eigenvalue weighted by Crippen LogP contribution is 2.21. The highest BCUT2D eigenvalue weighted by Gasteiger charge is 2.09. The van der Waals surface area contributed by atoms with E-state index in [2.05, 4.69) is 39.8 Å². The molecule has 4 heteroatoms. The van der Waals surface area contributed by atoms with Crippen LogP contribution in [0.15, 0.2) is 24.3 Å².